The molecule has 2 fully saturated rings. The van der Waals surface area contributed by atoms with E-state index in [0.29, 0.717) is 37.1 Å². The highest BCUT2D eigenvalue weighted by atomic mass is 32.2. The summed E-state index contributed by atoms with van der Waals surface area (Å²) in [4.78, 5) is 2.66. The summed E-state index contributed by atoms with van der Waals surface area (Å²) in [6, 6.07) is 6.74. The topological polar surface area (TPSA) is 95.5 Å². The zero-order valence-electron chi connectivity index (χ0n) is 17.9. The predicted octanol–water partition coefficient (Wildman–Crippen LogP) is 0.618. The molecule has 1 aromatic carbocycles. The van der Waals surface area contributed by atoms with Gasteiger partial charge in [-0.1, -0.05) is 12.1 Å². The van der Waals surface area contributed by atoms with Crippen LogP contribution in [-0.4, -0.2) is 94.1 Å². The third-order valence-corrected chi connectivity index (χ3v) is 7.39. The van der Waals surface area contributed by atoms with Gasteiger partial charge in [-0.15, -0.1) is 0 Å². The Labute approximate surface area is 189 Å². The fourth-order valence-electron chi connectivity index (χ4n) is 3.37. The minimum absolute atomic E-state index is 0.274. The molecule has 2 saturated heterocycles. The molecule has 9 nitrogen and oxygen atoms in total. The lowest BCUT2D eigenvalue weighted by molar-refractivity contribution is 0.0376. The van der Waals surface area contributed by atoms with Crippen molar-refractivity contribution in [3.8, 4) is 0 Å². The molecule has 2 aliphatic rings. The van der Waals surface area contributed by atoms with Gasteiger partial charge in [0.2, 0.25) is 10.0 Å². The molecule has 172 valence electrons. The third-order valence-electron chi connectivity index (χ3n) is 5.25. The van der Waals surface area contributed by atoms with Crippen LogP contribution in [0.1, 0.15) is 18.9 Å². The molecule has 0 spiro atoms. The Morgan fingerprint density at radius 1 is 1.06 bits per heavy atom. The number of nitrogens with one attached hydrogen (secondary N) is 2. The van der Waals surface area contributed by atoms with Crippen LogP contribution in [0.15, 0.2) is 34.3 Å². The molecule has 2 N–H and O–H groups in total. The molecule has 0 amide bonds. The number of sulfonamides is 1. The Balaban J connectivity index is 1.44. The van der Waals surface area contributed by atoms with Gasteiger partial charge in [0.05, 0.1) is 37.0 Å². The molecular formula is C20H31N5O4S2. The van der Waals surface area contributed by atoms with Crippen LogP contribution in [0.5, 0.6) is 0 Å². The molecule has 0 unspecified atom stereocenters. The Kier molecular flexibility index (Phi) is 9.17. The summed E-state index contributed by atoms with van der Waals surface area (Å²) >= 11 is 5.28. The second kappa shape index (κ2) is 11.8. The van der Waals surface area contributed by atoms with Crippen LogP contribution in [0.2, 0.25) is 0 Å². The van der Waals surface area contributed by atoms with Crippen molar-refractivity contribution in [2.24, 2.45) is 5.10 Å². The van der Waals surface area contributed by atoms with Gasteiger partial charge in [-0.3, -0.25) is 10.3 Å². The van der Waals surface area contributed by atoms with Gasteiger partial charge in [-0.25, -0.2) is 8.42 Å². The van der Waals surface area contributed by atoms with Crippen molar-refractivity contribution < 1.29 is 17.9 Å². The SMILES string of the molecule is C/C(=N\NC(=S)NCCCN1CCOCC1)c1ccc(S(=O)(=O)N2CCOCC2)cc1. The lowest BCUT2D eigenvalue weighted by Crippen LogP contribution is -2.40. The van der Waals surface area contributed by atoms with Crippen LogP contribution in [0.25, 0.3) is 0 Å². The van der Waals surface area contributed by atoms with Crippen molar-refractivity contribution in [1.29, 1.82) is 0 Å². The number of benzene rings is 1. The maximum Gasteiger partial charge on any atom is 0.243 e. The molecule has 0 radical (unpaired) electrons. The molecule has 0 bridgehead atoms. The summed E-state index contributed by atoms with van der Waals surface area (Å²) in [5, 5.41) is 7.92. The molecule has 1 aromatic rings. The molecule has 3 rings (SSSR count). The monoisotopic (exact) mass is 469 g/mol. The number of nitrogens with zero attached hydrogens (tertiary/aromatic N) is 3. The smallest absolute Gasteiger partial charge is 0.243 e. The number of ether oxygens (including phenoxy) is 2. The Morgan fingerprint density at radius 2 is 1.68 bits per heavy atom. The van der Waals surface area contributed by atoms with Gasteiger partial charge in [0, 0.05) is 32.7 Å². The summed E-state index contributed by atoms with van der Waals surface area (Å²) in [5.74, 6) is 0. The van der Waals surface area contributed by atoms with E-state index >= 15 is 0 Å². The minimum atomic E-state index is -3.49. The summed E-state index contributed by atoms with van der Waals surface area (Å²) in [6.45, 7) is 8.83. The van der Waals surface area contributed by atoms with Gasteiger partial charge in [0.1, 0.15) is 0 Å². The third kappa shape index (κ3) is 7.19. The average Bonchev–Trinajstić information content (AvgIpc) is 2.81. The number of rotatable bonds is 8. The van der Waals surface area contributed by atoms with Crippen LogP contribution in [0, 0.1) is 0 Å². The molecule has 0 atom stereocenters. The van der Waals surface area contributed by atoms with E-state index in [1.54, 1.807) is 24.3 Å². The van der Waals surface area contributed by atoms with Crippen molar-refractivity contribution in [2.45, 2.75) is 18.2 Å². The predicted molar refractivity (Wildman–Crippen MR) is 124 cm³/mol. The van der Waals surface area contributed by atoms with E-state index in [-0.39, 0.29) is 4.90 Å². The van der Waals surface area contributed by atoms with E-state index in [1.807, 2.05) is 6.92 Å². The van der Waals surface area contributed by atoms with E-state index in [1.165, 1.54) is 4.31 Å². The van der Waals surface area contributed by atoms with E-state index in [0.717, 1.165) is 51.4 Å². The first-order valence-electron chi connectivity index (χ1n) is 10.5. The standard InChI is InChI=1S/C20H31N5O4S2/c1-17(22-23-20(30)21-7-2-8-24-9-13-28-14-10-24)18-3-5-19(6-4-18)31(26,27)25-11-15-29-16-12-25/h3-6H,2,7-16H2,1H3,(H2,21,23,30)/b22-17+. The van der Waals surface area contributed by atoms with Crippen LogP contribution in [-0.2, 0) is 19.5 Å². The molecule has 0 aromatic heterocycles. The molecule has 0 aliphatic carbocycles. The molecule has 2 aliphatic heterocycles. The summed E-state index contributed by atoms with van der Waals surface area (Å²) < 4.78 is 37.4. The van der Waals surface area contributed by atoms with Gasteiger partial charge >= 0.3 is 0 Å². The largest absolute Gasteiger partial charge is 0.379 e. The highest BCUT2D eigenvalue weighted by molar-refractivity contribution is 7.89. The molecule has 31 heavy (non-hydrogen) atoms. The fraction of sp³-hybridized carbons (Fsp3) is 0.600. The van der Waals surface area contributed by atoms with Crippen molar-refractivity contribution in [3.05, 3.63) is 29.8 Å². The Morgan fingerprint density at radius 3 is 2.32 bits per heavy atom. The molecule has 0 saturated carbocycles. The minimum Gasteiger partial charge on any atom is -0.379 e. The lowest BCUT2D eigenvalue weighted by Gasteiger charge is -2.26. The van der Waals surface area contributed by atoms with Crippen LogP contribution in [0.4, 0.5) is 0 Å². The van der Waals surface area contributed by atoms with E-state index < -0.39 is 10.0 Å². The number of thiocarbonyl (C=S) groups is 1. The first-order valence-corrected chi connectivity index (χ1v) is 12.4. The number of hydrogen-bond donors (Lipinski definition) is 2. The highest BCUT2D eigenvalue weighted by Crippen LogP contribution is 2.18. The molecule has 2 heterocycles. The zero-order valence-corrected chi connectivity index (χ0v) is 19.5. The Bertz CT molecular complexity index is 849. The van der Waals surface area contributed by atoms with E-state index in [2.05, 4.69) is 20.7 Å². The summed E-state index contributed by atoms with van der Waals surface area (Å²) in [6.07, 6.45) is 0.990. The fourth-order valence-corrected chi connectivity index (χ4v) is 4.93. The van der Waals surface area contributed by atoms with Gasteiger partial charge in [-0.2, -0.15) is 9.41 Å². The molecular weight excluding hydrogens is 438 g/mol. The van der Waals surface area contributed by atoms with Crippen molar-refractivity contribution in [2.75, 3.05) is 65.7 Å². The van der Waals surface area contributed by atoms with Crippen molar-refractivity contribution in [1.82, 2.24) is 19.9 Å². The molecule has 11 heteroatoms. The zero-order chi connectivity index (χ0) is 22.1. The first-order chi connectivity index (χ1) is 15.0. The van der Waals surface area contributed by atoms with Crippen LogP contribution >= 0.6 is 12.2 Å². The first kappa shape index (κ1) is 24.0. The number of hydrazone groups is 1. The van der Waals surface area contributed by atoms with Gasteiger partial charge in [-0.05, 0) is 49.8 Å². The second-order valence-electron chi connectivity index (χ2n) is 7.41. The van der Waals surface area contributed by atoms with Crippen LogP contribution < -0.4 is 10.7 Å². The highest BCUT2D eigenvalue weighted by Gasteiger charge is 2.26. The van der Waals surface area contributed by atoms with Gasteiger partial charge < -0.3 is 14.8 Å². The maximum absolute atomic E-state index is 12.7. The number of hydrogen-bond acceptors (Lipinski definition) is 7. The van der Waals surface area contributed by atoms with Gasteiger partial charge in [0.25, 0.3) is 0 Å². The van der Waals surface area contributed by atoms with Crippen LogP contribution in [0.3, 0.4) is 0 Å². The normalized spacial score (nSPS) is 19.2. The number of morpholine rings is 2. The van der Waals surface area contributed by atoms with Crippen molar-refractivity contribution in [3.63, 3.8) is 0 Å². The second-order valence-corrected chi connectivity index (χ2v) is 9.76. The quantitative estimate of drug-likeness (QED) is 0.248. The van der Waals surface area contributed by atoms with E-state index in [9.17, 15) is 8.42 Å². The average molecular weight is 470 g/mol. The van der Waals surface area contributed by atoms with E-state index in [4.69, 9.17) is 21.7 Å². The van der Waals surface area contributed by atoms with Gasteiger partial charge in [0.15, 0.2) is 5.11 Å². The maximum atomic E-state index is 12.7. The van der Waals surface area contributed by atoms with Crippen molar-refractivity contribution >= 4 is 33.1 Å². The lowest BCUT2D eigenvalue weighted by atomic mass is 10.1. The Hall–Kier alpha value is -1.63. The summed E-state index contributed by atoms with van der Waals surface area (Å²) in [7, 11) is -3.49. The summed E-state index contributed by atoms with van der Waals surface area (Å²) in [5.41, 5.74) is 4.39.